The maximum absolute atomic E-state index is 4.32. The number of nitrogens with zero attached hydrogens (tertiary/aromatic N) is 1. The van der Waals surface area contributed by atoms with E-state index in [1.54, 1.807) is 0 Å². The molecule has 0 aliphatic carbocycles. The van der Waals surface area contributed by atoms with E-state index in [9.17, 15) is 0 Å². The van der Waals surface area contributed by atoms with E-state index in [2.05, 4.69) is 40.6 Å². The van der Waals surface area contributed by atoms with Crippen LogP contribution < -0.4 is 5.32 Å². The van der Waals surface area contributed by atoms with Crippen molar-refractivity contribution in [3.8, 4) is 0 Å². The molecule has 0 aromatic carbocycles. The van der Waals surface area contributed by atoms with E-state index in [-0.39, 0.29) is 6.04 Å². The monoisotopic (exact) mass is 279 g/mol. The van der Waals surface area contributed by atoms with Crippen LogP contribution in [0.2, 0.25) is 0 Å². The molecule has 1 aliphatic rings. The first kappa shape index (κ1) is 12.3. The zero-order valence-corrected chi connectivity index (χ0v) is 12.1. The second-order valence-electron chi connectivity index (χ2n) is 4.74. The van der Waals surface area contributed by atoms with Gasteiger partial charge in [-0.1, -0.05) is 6.92 Å². The Bertz CT molecular complexity index is 506. The zero-order chi connectivity index (χ0) is 12.5. The number of aromatic nitrogens is 2. The van der Waals surface area contributed by atoms with Crippen LogP contribution in [0.15, 0.2) is 28.0 Å². The molecule has 0 spiro atoms. The lowest BCUT2D eigenvalue weighted by Crippen LogP contribution is -2.29. The van der Waals surface area contributed by atoms with Crippen LogP contribution in [0.5, 0.6) is 0 Å². The first-order valence-electron chi connectivity index (χ1n) is 6.23. The van der Waals surface area contributed by atoms with Gasteiger partial charge in [-0.15, -0.1) is 23.1 Å². The van der Waals surface area contributed by atoms with Gasteiger partial charge in [0.05, 0.1) is 10.3 Å². The highest BCUT2D eigenvalue weighted by Gasteiger charge is 2.27. The molecule has 2 aromatic heterocycles. The Morgan fingerprint density at radius 2 is 2.44 bits per heavy atom. The lowest BCUT2D eigenvalue weighted by atomic mass is 10.0. The van der Waals surface area contributed by atoms with Gasteiger partial charge in [-0.3, -0.25) is 0 Å². The summed E-state index contributed by atoms with van der Waals surface area (Å²) in [6.45, 7) is 4.47. The zero-order valence-electron chi connectivity index (χ0n) is 10.5. The number of nitrogens with one attached hydrogen (secondary N) is 2. The fourth-order valence-corrected chi connectivity index (χ4v) is 4.97. The average molecular weight is 279 g/mol. The van der Waals surface area contributed by atoms with Crippen molar-refractivity contribution in [1.29, 1.82) is 0 Å². The van der Waals surface area contributed by atoms with E-state index >= 15 is 0 Å². The molecule has 3 rings (SSSR count). The quantitative estimate of drug-likeness (QED) is 0.899. The highest BCUT2D eigenvalue weighted by Crippen LogP contribution is 2.44. The summed E-state index contributed by atoms with van der Waals surface area (Å²) >= 11 is 3.86. The van der Waals surface area contributed by atoms with Crippen molar-refractivity contribution in [1.82, 2.24) is 15.3 Å². The Kier molecular flexibility index (Phi) is 3.46. The van der Waals surface area contributed by atoms with Crippen LogP contribution >= 0.6 is 23.1 Å². The van der Waals surface area contributed by atoms with Gasteiger partial charge in [-0.2, -0.15) is 0 Å². The minimum atomic E-state index is 0.257. The van der Waals surface area contributed by atoms with Crippen LogP contribution in [-0.2, 0) is 0 Å². The minimum absolute atomic E-state index is 0.257. The third-order valence-corrected chi connectivity index (χ3v) is 5.63. The Morgan fingerprint density at radius 3 is 3.22 bits per heavy atom. The molecule has 96 valence electrons. The Morgan fingerprint density at radius 1 is 1.56 bits per heavy atom. The molecule has 18 heavy (non-hydrogen) atoms. The molecule has 5 heteroatoms. The molecule has 0 bridgehead atoms. The summed E-state index contributed by atoms with van der Waals surface area (Å²) in [4.78, 5) is 7.50. The van der Waals surface area contributed by atoms with E-state index in [4.69, 9.17) is 0 Å². The summed E-state index contributed by atoms with van der Waals surface area (Å²) in [5.74, 6) is 1.01. The van der Waals surface area contributed by atoms with E-state index in [1.807, 2.05) is 35.5 Å². The van der Waals surface area contributed by atoms with E-state index < -0.39 is 0 Å². The molecule has 0 radical (unpaired) electrons. The number of hydrogen-bond donors (Lipinski definition) is 2. The maximum Gasteiger partial charge on any atom is 0.122 e. The molecular formula is C13H17N3S2. The van der Waals surface area contributed by atoms with Gasteiger partial charge in [-0.25, -0.2) is 4.98 Å². The van der Waals surface area contributed by atoms with Gasteiger partial charge in [0.15, 0.2) is 0 Å². The molecule has 0 saturated carbocycles. The summed E-state index contributed by atoms with van der Waals surface area (Å²) in [6, 6.07) is 2.96. The van der Waals surface area contributed by atoms with E-state index in [0.717, 1.165) is 5.82 Å². The van der Waals surface area contributed by atoms with E-state index in [1.165, 1.54) is 16.2 Å². The number of hydrogen-bond acceptors (Lipinski definition) is 4. The van der Waals surface area contributed by atoms with Crippen molar-refractivity contribution in [3.63, 3.8) is 0 Å². The minimum Gasteiger partial charge on any atom is -0.347 e. The molecule has 3 nitrogen and oxygen atoms in total. The van der Waals surface area contributed by atoms with Crippen LogP contribution in [0.1, 0.15) is 43.7 Å². The average Bonchev–Trinajstić information content (AvgIpc) is 2.98. The van der Waals surface area contributed by atoms with Gasteiger partial charge in [0, 0.05) is 23.7 Å². The second kappa shape index (κ2) is 5.07. The van der Waals surface area contributed by atoms with E-state index in [0.29, 0.717) is 11.3 Å². The summed E-state index contributed by atoms with van der Waals surface area (Å²) < 4.78 is 1.47. The van der Waals surface area contributed by atoms with Gasteiger partial charge >= 0.3 is 0 Å². The van der Waals surface area contributed by atoms with Crippen LogP contribution in [0.3, 0.4) is 0 Å². The highest BCUT2D eigenvalue weighted by molar-refractivity contribution is 8.01. The number of H-pyrrole nitrogens is 1. The molecular weight excluding hydrogens is 262 g/mol. The van der Waals surface area contributed by atoms with Gasteiger partial charge in [0.2, 0.25) is 0 Å². The van der Waals surface area contributed by atoms with Crippen molar-refractivity contribution >= 4 is 23.1 Å². The van der Waals surface area contributed by atoms with Gasteiger partial charge in [-0.05, 0) is 30.4 Å². The summed E-state index contributed by atoms with van der Waals surface area (Å²) in [5, 5.41) is 6.57. The molecule has 2 unspecified atom stereocenters. The van der Waals surface area contributed by atoms with Crippen LogP contribution in [-0.4, -0.2) is 15.2 Å². The number of thioether (sulfide) groups is 1. The van der Waals surface area contributed by atoms with Gasteiger partial charge in [0.1, 0.15) is 5.82 Å². The largest absolute Gasteiger partial charge is 0.347 e. The predicted molar refractivity (Wildman–Crippen MR) is 77.1 cm³/mol. The normalized spacial score (nSPS) is 24.8. The maximum atomic E-state index is 4.32. The Labute approximate surface area is 115 Å². The van der Waals surface area contributed by atoms with Crippen LogP contribution in [0, 0.1) is 0 Å². The highest BCUT2D eigenvalue weighted by atomic mass is 32.2. The first-order valence-corrected chi connectivity index (χ1v) is 7.99. The molecule has 1 aliphatic heterocycles. The molecule has 3 heterocycles. The smallest absolute Gasteiger partial charge is 0.122 e. The summed E-state index contributed by atoms with van der Waals surface area (Å²) in [6.07, 6.45) is 4.87. The third-order valence-electron chi connectivity index (χ3n) is 3.29. The first-order chi connectivity index (χ1) is 8.74. The number of thiophene rings is 1. The lowest BCUT2D eigenvalue weighted by molar-refractivity contribution is 0.425. The predicted octanol–water partition coefficient (Wildman–Crippen LogP) is 3.75. The van der Waals surface area contributed by atoms with Gasteiger partial charge in [0.25, 0.3) is 0 Å². The lowest BCUT2D eigenvalue weighted by Gasteiger charge is -2.29. The van der Waals surface area contributed by atoms with Crippen molar-refractivity contribution in [2.75, 3.05) is 0 Å². The number of imidazole rings is 1. The van der Waals surface area contributed by atoms with Gasteiger partial charge < -0.3 is 10.3 Å². The number of aromatic amines is 1. The standard InChI is InChI=1S/C13H17N3S2/c1-8-7-11(10-3-6-17-13(10)18-8)16-9(2)12-14-4-5-15-12/h3-6,8-9,11,16H,7H2,1-2H3,(H,14,15)/t8-,9?,11?/m0/s1. The van der Waals surface area contributed by atoms with Crippen molar-refractivity contribution in [2.24, 2.45) is 0 Å². The third kappa shape index (κ3) is 2.35. The van der Waals surface area contributed by atoms with Crippen LogP contribution in [0.25, 0.3) is 0 Å². The van der Waals surface area contributed by atoms with Crippen LogP contribution in [0.4, 0.5) is 0 Å². The molecule has 2 N–H and O–H groups in total. The fraction of sp³-hybridized carbons (Fsp3) is 0.462. The second-order valence-corrected chi connectivity index (χ2v) is 7.37. The molecule has 3 atom stereocenters. The molecule has 2 aromatic rings. The Balaban J connectivity index is 1.78. The topological polar surface area (TPSA) is 40.7 Å². The fourth-order valence-electron chi connectivity index (χ4n) is 2.40. The summed E-state index contributed by atoms with van der Waals surface area (Å²) in [5.41, 5.74) is 1.46. The summed E-state index contributed by atoms with van der Waals surface area (Å²) in [7, 11) is 0. The molecule has 0 fully saturated rings. The SMILES string of the molecule is CC(NC1C[C@H](C)Sc2sccc21)c1ncc[nH]1. The van der Waals surface area contributed by atoms with Crippen molar-refractivity contribution in [2.45, 2.75) is 41.8 Å². The Hall–Kier alpha value is -0.780. The molecule has 0 saturated heterocycles. The number of rotatable bonds is 3. The number of fused-ring (bicyclic) bond motifs is 1. The van der Waals surface area contributed by atoms with Crippen molar-refractivity contribution in [3.05, 3.63) is 35.2 Å². The van der Waals surface area contributed by atoms with Crippen molar-refractivity contribution < 1.29 is 0 Å². The molecule has 0 amide bonds.